The SMILES string of the molecule is CC/C=C\C/C=C\C/C=C\C/C=C\C/C=C\C/C=C\CCC(=O)OC(COC(=O)CCCCCCCCC)COC(=O)CCCCCCCCCCCCCCC/C=C\C/C=C\C/C=C\C/C=C\C/C=C\CC. The Bertz CT molecular complexity index is 1580. The van der Waals surface area contributed by atoms with Crippen LogP contribution in [0.4, 0.5) is 0 Å². The van der Waals surface area contributed by atoms with E-state index in [1.807, 2.05) is 12.2 Å². The Morgan fingerprint density at radius 3 is 0.890 bits per heavy atom. The van der Waals surface area contributed by atoms with Gasteiger partial charge in [-0.15, -0.1) is 0 Å². The molecule has 73 heavy (non-hydrogen) atoms. The smallest absolute Gasteiger partial charge is 0.306 e. The molecule has 0 aromatic rings. The molecule has 0 rings (SSSR count). The van der Waals surface area contributed by atoms with Crippen molar-refractivity contribution in [2.75, 3.05) is 13.2 Å². The molecule has 0 aliphatic rings. The van der Waals surface area contributed by atoms with Gasteiger partial charge in [-0.3, -0.25) is 14.4 Å². The van der Waals surface area contributed by atoms with Gasteiger partial charge in [0.1, 0.15) is 13.2 Å². The van der Waals surface area contributed by atoms with Gasteiger partial charge < -0.3 is 14.2 Å². The van der Waals surface area contributed by atoms with Gasteiger partial charge in [0.25, 0.3) is 0 Å². The van der Waals surface area contributed by atoms with Crippen molar-refractivity contribution in [3.8, 4) is 0 Å². The van der Waals surface area contributed by atoms with E-state index in [1.54, 1.807) is 0 Å². The van der Waals surface area contributed by atoms with Gasteiger partial charge in [0.05, 0.1) is 0 Å². The van der Waals surface area contributed by atoms with Crippen LogP contribution in [0.5, 0.6) is 0 Å². The van der Waals surface area contributed by atoms with Crippen LogP contribution in [0.1, 0.15) is 252 Å². The minimum absolute atomic E-state index is 0.110. The first kappa shape index (κ1) is 68.6. The minimum atomic E-state index is -0.820. The number of carbonyl (C=O) groups excluding carboxylic acids is 3. The molecule has 1 atom stereocenters. The van der Waals surface area contributed by atoms with Crippen molar-refractivity contribution in [1.29, 1.82) is 0 Å². The summed E-state index contributed by atoms with van der Waals surface area (Å²) in [5.74, 6) is -1.01. The van der Waals surface area contributed by atoms with E-state index in [0.29, 0.717) is 19.3 Å². The second-order valence-electron chi connectivity index (χ2n) is 19.1. The molecule has 0 N–H and O–H groups in total. The lowest BCUT2D eigenvalue weighted by molar-refractivity contribution is -0.166. The standard InChI is InChI=1S/C67H108O6/c1-4-7-10-13-16-18-20-22-24-26-28-29-30-31-32-33-34-35-36-37-39-40-42-44-46-48-51-54-57-60-66(69)72-63-64(62-71-65(68)59-56-53-50-15-12-9-6-3)73-67(70)61-58-55-52-49-47-45-43-41-38-27-25-23-21-19-17-14-11-8-5-2/h7-8,10-11,16-19,22-25,28-29,31-32,38,41,45,47,52,55,64H,4-6,9,12-15,20-21,26-27,30,33-37,39-40,42-44,46,48-51,53-54,56-63H2,1-3H3/b10-7-,11-8-,18-16-,19-17-,24-22-,25-23-,29-28-,32-31-,41-38-,47-45-,55-52-. The molecule has 412 valence electrons. The molecule has 1 unspecified atom stereocenters. The molecule has 0 saturated heterocycles. The molecular weight excluding hydrogens is 901 g/mol. The van der Waals surface area contributed by atoms with Gasteiger partial charge in [-0.05, 0) is 103 Å². The van der Waals surface area contributed by atoms with Crippen LogP contribution in [-0.2, 0) is 28.6 Å². The number of esters is 3. The lowest BCUT2D eigenvalue weighted by Gasteiger charge is -2.18. The van der Waals surface area contributed by atoms with E-state index in [1.165, 1.54) is 96.3 Å². The van der Waals surface area contributed by atoms with Crippen molar-refractivity contribution < 1.29 is 28.6 Å². The number of hydrogen-bond donors (Lipinski definition) is 0. The molecule has 0 aliphatic heterocycles. The summed E-state index contributed by atoms with van der Waals surface area (Å²) in [6.07, 6.45) is 84.9. The van der Waals surface area contributed by atoms with Crippen molar-refractivity contribution in [1.82, 2.24) is 0 Å². The lowest BCUT2D eigenvalue weighted by atomic mass is 10.0. The first-order valence-corrected chi connectivity index (χ1v) is 29.7. The van der Waals surface area contributed by atoms with Crippen molar-refractivity contribution >= 4 is 17.9 Å². The quantitative estimate of drug-likeness (QED) is 0.0261. The van der Waals surface area contributed by atoms with E-state index in [2.05, 4.69) is 142 Å². The predicted molar refractivity (Wildman–Crippen MR) is 316 cm³/mol. The summed E-state index contributed by atoms with van der Waals surface area (Å²) in [4.78, 5) is 37.9. The largest absolute Gasteiger partial charge is 0.462 e. The molecule has 6 nitrogen and oxygen atoms in total. The Labute approximate surface area is 449 Å². The van der Waals surface area contributed by atoms with Gasteiger partial charge in [0, 0.05) is 19.3 Å². The average molecular weight is 1010 g/mol. The number of rotatable bonds is 52. The van der Waals surface area contributed by atoms with Crippen LogP contribution in [0.25, 0.3) is 0 Å². The zero-order valence-corrected chi connectivity index (χ0v) is 47.1. The van der Waals surface area contributed by atoms with Gasteiger partial charge in [-0.2, -0.15) is 0 Å². The van der Waals surface area contributed by atoms with Gasteiger partial charge in [-0.1, -0.05) is 264 Å². The maximum absolute atomic E-state index is 12.8. The van der Waals surface area contributed by atoms with Crippen LogP contribution >= 0.6 is 0 Å². The summed E-state index contributed by atoms with van der Waals surface area (Å²) in [5.41, 5.74) is 0. The molecule has 0 radical (unpaired) electrons. The highest BCUT2D eigenvalue weighted by atomic mass is 16.6. The van der Waals surface area contributed by atoms with E-state index in [0.717, 1.165) is 109 Å². The Kier molecular flexibility index (Phi) is 56.4. The van der Waals surface area contributed by atoms with Gasteiger partial charge in [-0.25, -0.2) is 0 Å². The molecule has 0 aromatic heterocycles. The molecule has 0 fully saturated rings. The highest BCUT2D eigenvalue weighted by molar-refractivity contribution is 5.71. The highest BCUT2D eigenvalue weighted by Gasteiger charge is 2.19. The summed E-state index contributed by atoms with van der Waals surface area (Å²) >= 11 is 0. The Morgan fingerprint density at radius 2 is 0.562 bits per heavy atom. The second-order valence-corrected chi connectivity index (χ2v) is 19.1. The first-order valence-electron chi connectivity index (χ1n) is 29.7. The second kappa shape index (κ2) is 60.1. The van der Waals surface area contributed by atoms with E-state index in [9.17, 15) is 14.4 Å². The number of hydrogen-bond acceptors (Lipinski definition) is 6. The summed E-state index contributed by atoms with van der Waals surface area (Å²) in [6, 6.07) is 0. The van der Waals surface area contributed by atoms with Crippen LogP contribution < -0.4 is 0 Å². The minimum Gasteiger partial charge on any atom is -0.462 e. The van der Waals surface area contributed by atoms with Crippen LogP contribution in [0, 0.1) is 0 Å². The van der Waals surface area contributed by atoms with E-state index in [4.69, 9.17) is 14.2 Å². The highest BCUT2D eigenvalue weighted by Crippen LogP contribution is 2.15. The predicted octanol–water partition coefficient (Wildman–Crippen LogP) is 20.2. The molecule has 0 bridgehead atoms. The molecule has 0 saturated carbocycles. The molecule has 0 aliphatic carbocycles. The third-order valence-corrected chi connectivity index (χ3v) is 12.2. The normalized spacial score (nSPS) is 13.1. The fourth-order valence-electron chi connectivity index (χ4n) is 7.79. The fourth-order valence-corrected chi connectivity index (χ4v) is 7.79. The number of carbonyl (C=O) groups is 3. The maximum atomic E-state index is 12.8. The van der Waals surface area contributed by atoms with E-state index < -0.39 is 12.1 Å². The maximum Gasteiger partial charge on any atom is 0.306 e. The van der Waals surface area contributed by atoms with Crippen molar-refractivity contribution in [3.05, 3.63) is 134 Å². The lowest BCUT2D eigenvalue weighted by Crippen LogP contribution is -2.30. The summed E-state index contributed by atoms with van der Waals surface area (Å²) < 4.78 is 16.7. The molecular formula is C67H108O6. The van der Waals surface area contributed by atoms with Crippen LogP contribution in [-0.4, -0.2) is 37.2 Å². The van der Waals surface area contributed by atoms with Crippen molar-refractivity contribution in [2.45, 2.75) is 258 Å². The third kappa shape index (κ3) is 58.3. The first-order chi connectivity index (χ1) is 36.0. The Hall–Kier alpha value is -4.45. The van der Waals surface area contributed by atoms with Crippen LogP contribution in [0.3, 0.4) is 0 Å². The van der Waals surface area contributed by atoms with E-state index >= 15 is 0 Å². The monoisotopic (exact) mass is 1010 g/mol. The van der Waals surface area contributed by atoms with Gasteiger partial charge in [0.2, 0.25) is 0 Å². The van der Waals surface area contributed by atoms with Crippen LogP contribution in [0.15, 0.2) is 134 Å². The Balaban J connectivity index is 4.23. The zero-order valence-electron chi connectivity index (χ0n) is 47.1. The number of unbranched alkanes of at least 4 members (excludes halogenated alkanes) is 19. The molecule has 6 heteroatoms. The zero-order chi connectivity index (χ0) is 52.9. The van der Waals surface area contributed by atoms with Gasteiger partial charge >= 0.3 is 17.9 Å². The topological polar surface area (TPSA) is 78.9 Å². The average Bonchev–Trinajstić information content (AvgIpc) is 3.39. The number of ether oxygens (including phenoxy) is 3. The summed E-state index contributed by atoms with van der Waals surface area (Å²) in [6.45, 7) is 6.30. The summed E-state index contributed by atoms with van der Waals surface area (Å²) in [5, 5.41) is 0. The van der Waals surface area contributed by atoms with Gasteiger partial charge in [0.15, 0.2) is 6.10 Å². The van der Waals surface area contributed by atoms with Crippen molar-refractivity contribution in [2.24, 2.45) is 0 Å². The fraction of sp³-hybridized carbons (Fsp3) is 0.627. The Morgan fingerprint density at radius 1 is 0.288 bits per heavy atom. The van der Waals surface area contributed by atoms with E-state index in [-0.39, 0.29) is 31.6 Å². The molecule has 0 amide bonds. The van der Waals surface area contributed by atoms with Crippen molar-refractivity contribution in [3.63, 3.8) is 0 Å². The molecule has 0 spiro atoms. The van der Waals surface area contributed by atoms with Crippen LogP contribution in [0.2, 0.25) is 0 Å². The molecule has 0 aromatic carbocycles. The third-order valence-electron chi connectivity index (χ3n) is 12.2. The number of allylic oxidation sites excluding steroid dienone is 22. The summed E-state index contributed by atoms with van der Waals surface area (Å²) in [7, 11) is 0. The molecule has 0 heterocycles.